The first-order chi connectivity index (χ1) is 9.83. The number of imidazole rings is 1. The molecule has 0 bridgehead atoms. The highest BCUT2D eigenvalue weighted by molar-refractivity contribution is 7.92. The molecule has 4 N–H and O–H groups in total. The van der Waals surface area contributed by atoms with Crippen molar-refractivity contribution in [2.24, 2.45) is 5.73 Å². The Labute approximate surface area is 121 Å². The minimum absolute atomic E-state index is 0.172. The van der Waals surface area contributed by atoms with Crippen LogP contribution in [-0.4, -0.2) is 23.8 Å². The van der Waals surface area contributed by atoms with Gasteiger partial charge in [-0.1, -0.05) is 0 Å². The van der Waals surface area contributed by atoms with Crippen molar-refractivity contribution in [1.29, 1.82) is 5.41 Å². The van der Waals surface area contributed by atoms with Crippen LogP contribution in [0.15, 0.2) is 35.7 Å². The van der Waals surface area contributed by atoms with Crippen molar-refractivity contribution in [2.75, 3.05) is 4.72 Å². The topological polar surface area (TPSA) is 114 Å². The van der Waals surface area contributed by atoms with Crippen molar-refractivity contribution in [3.63, 3.8) is 0 Å². The fraction of sp³-hybridized carbons (Fsp3) is 0.167. The number of sulfonamides is 1. The molecule has 0 aliphatic rings. The summed E-state index contributed by atoms with van der Waals surface area (Å²) in [7, 11) is -3.97. The van der Waals surface area contributed by atoms with Crippen molar-refractivity contribution in [3.05, 3.63) is 42.1 Å². The van der Waals surface area contributed by atoms with Crippen LogP contribution in [0.25, 0.3) is 0 Å². The molecule has 0 unspecified atom stereocenters. The van der Waals surface area contributed by atoms with E-state index in [9.17, 15) is 12.8 Å². The van der Waals surface area contributed by atoms with Gasteiger partial charge in [-0.3, -0.25) is 10.1 Å². The maximum Gasteiger partial charge on any atom is 0.281 e. The molecule has 0 aliphatic carbocycles. The molecule has 0 saturated heterocycles. The molecule has 112 valence electrons. The third-order valence-corrected chi connectivity index (χ3v) is 4.02. The monoisotopic (exact) mass is 311 g/mol. The van der Waals surface area contributed by atoms with Crippen LogP contribution in [0.4, 0.5) is 10.1 Å². The van der Waals surface area contributed by atoms with Crippen molar-refractivity contribution >= 4 is 21.5 Å². The molecule has 2 aromatic rings. The lowest BCUT2D eigenvalue weighted by atomic mass is 10.2. The number of aromatic nitrogens is 2. The fourth-order valence-electron chi connectivity index (χ4n) is 1.61. The smallest absolute Gasteiger partial charge is 0.281 e. The van der Waals surface area contributed by atoms with Gasteiger partial charge in [0.05, 0.1) is 12.0 Å². The minimum Gasteiger partial charge on any atom is -0.384 e. The molecule has 0 atom stereocenters. The van der Waals surface area contributed by atoms with Crippen LogP contribution in [0.5, 0.6) is 0 Å². The number of nitrogen functional groups attached to an aromatic ring is 1. The first-order valence-electron chi connectivity index (χ1n) is 6.02. The third kappa shape index (κ3) is 3.19. The largest absolute Gasteiger partial charge is 0.384 e. The van der Waals surface area contributed by atoms with Gasteiger partial charge in [0, 0.05) is 18.3 Å². The Bertz CT molecular complexity index is 785. The number of halogens is 1. The van der Waals surface area contributed by atoms with Crippen LogP contribution in [0.3, 0.4) is 0 Å². The first-order valence-corrected chi connectivity index (χ1v) is 7.50. The second-order valence-electron chi connectivity index (χ2n) is 4.26. The van der Waals surface area contributed by atoms with E-state index in [2.05, 4.69) is 9.71 Å². The molecule has 0 spiro atoms. The molecule has 1 aromatic carbocycles. The van der Waals surface area contributed by atoms with Gasteiger partial charge >= 0.3 is 0 Å². The minimum atomic E-state index is -3.97. The van der Waals surface area contributed by atoms with E-state index in [0.29, 0.717) is 6.54 Å². The highest BCUT2D eigenvalue weighted by Crippen LogP contribution is 2.19. The molecule has 2 rings (SSSR count). The van der Waals surface area contributed by atoms with E-state index < -0.39 is 15.8 Å². The van der Waals surface area contributed by atoms with Gasteiger partial charge in [0.25, 0.3) is 10.0 Å². The maximum atomic E-state index is 13.8. The average Bonchev–Trinajstić information content (AvgIpc) is 2.90. The summed E-state index contributed by atoms with van der Waals surface area (Å²) >= 11 is 0. The van der Waals surface area contributed by atoms with Crippen LogP contribution in [0, 0.1) is 11.2 Å². The van der Waals surface area contributed by atoms with E-state index in [1.165, 1.54) is 24.7 Å². The lowest BCUT2D eigenvalue weighted by Gasteiger charge is -2.08. The van der Waals surface area contributed by atoms with E-state index in [0.717, 1.165) is 6.07 Å². The second kappa shape index (κ2) is 5.52. The summed E-state index contributed by atoms with van der Waals surface area (Å²) in [6.07, 6.45) is 2.73. The molecule has 1 aromatic heterocycles. The molecule has 9 heteroatoms. The molecule has 0 radical (unpaired) electrons. The molecule has 0 saturated carbocycles. The first kappa shape index (κ1) is 15.0. The summed E-state index contributed by atoms with van der Waals surface area (Å²) in [5, 5.41) is 7.01. The molecule has 21 heavy (non-hydrogen) atoms. The number of nitrogens with one attached hydrogen (secondary N) is 2. The van der Waals surface area contributed by atoms with E-state index in [1.54, 1.807) is 4.57 Å². The molecular formula is C12H14FN5O2S. The summed E-state index contributed by atoms with van der Waals surface area (Å²) in [5.74, 6) is -1.12. The number of anilines is 1. The van der Waals surface area contributed by atoms with Crippen molar-refractivity contribution in [3.8, 4) is 0 Å². The van der Waals surface area contributed by atoms with E-state index >= 15 is 0 Å². The number of hydrogen-bond donors (Lipinski definition) is 3. The quantitative estimate of drug-likeness (QED) is 0.567. The van der Waals surface area contributed by atoms with Gasteiger partial charge in [-0.05, 0) is 25.1 Å². The van der Waals surface area contributed by atoms with Gasteiger partial charge in [0.1, 0.15) is 11.7 Å². The summed E-state index contributed by atoms with van der Waals surface area (Å²) in [5.41, 5.74) is 5.18. The SMILES string of the molecule is CCn1cnc(S(=O)(=O)Nc2ccc(C(=N)N)cc2F)c1. The summed E-state index contributed by atoms with van der Waals surface area (Å²) < 4.78 is 41.7. The number of nitrogens with zero attached hydrogens (tertiary/aromatic N) is 2. The Balaban J connectivity index is 2.30. The summed E-state index contributed by atoms with van der Waals surface area (Å²) in [4.78, 5) is 3.77. The zero-order valence-electron chi connectivity index (χ0n) is 11.2. The number of hydrogen-bond acceptors (Lipinski definition) is 4. The zero-order chi connectivity index (χ0) is 15.6. The van der Waals surface area contributed by atoms with Crippen LogP contribution in [0.1, 0.15) is 12.5 Å². The van der Waals surface area contributed by atoms with E-state index in [4.69, 9.17) is 11.1 Å². The van der Waals surface area contributed by atoms with Crippen molar-refractivity contribution in [2.45, 2.75) is 18.5 Å². The van der Waals surface area contributed by atoms with Crippen LogP contribution < -0.4 is 10.5 Å². The Morgan fingerprint density at radius 3 is 2.76 bits per heavy atom. The Kier molecular flexibility index (Phi) is 3.94. The van der Waals surface area contributed by atoms with E-state index in [1.807, 2.05) is 6.92 Å². The van der Waals surface area contributed by atoms with Gasteiger partial charge < -0.3 is 10.3 Å². The highest BCUT2D eigenvalue weighted by atomic mass is 32.2. The van der Waals surface area contributed by atoms with Crippen LogP contribution in [-0.2, 0) is 16.6 Å². The van der Waals surface area contributed by atoms with Crippen molar-refractivity contribution in [1.82, 2.24) is 9.55 Å². The highest BCUT2D eigenvalue weighted by Gasteiger charge is 2.19. The van der Waals surface area contributed by atoms with Crippen LogP contribution in [0.2, 0.25) is 0 Å². The fourth-order valence-corrected chi connectivity index (χ4v) is 2.63. The zero-order valence-corrected chi connectivity index (χ0v) is 12.0. The molecule has 7 nitrogen and oxygen atoms in total. The second-order valence-corrected chi connectivity index (χ2v) is 5.89. The molecule has 0 aliphatic heterocycles. The van der Waals surface area contributed by atoms with E-state index in [-0.39, 0.29) is 22.1 Å². The Morgan fingerprint density at radius 2 is 2.24 bits per heavy atom. The number of benzene rings is 1. The number of nitrogens with two attached hydrogens (primary N) is 1. The molecule has 1 heterocycles. The number of aryl methyl sites for hydroxylation is 1. The summed E-state index contributed by atoms with van der Waals surface area (Å²) in [6.45, 7) is 2.41. The molecule has 0 amide bonds. The standard InChI is InChI=1S/C12H14FN5O2S/c1-2-18-6-11(16-7-18)21(19,20)17-10-4-3-8(12(14)15)5-9(10)13/h3-7,17H,2H2,1H3,(H3,14,15). The van der Waals surface area contributed by atoms with Gasteiger partial charge in [-0.25, -0.2) is 9.37 Å². The van der Waals surface area contributed by atoms with Gasteiger partial charge in [-0.15, -0.1) is 0 Å². The molecule has 0 fully saturated rings. The lowest BCUT2D eigenvalue weighted by molar-refractivity contribution is 0.595. The average molecular weight is 311 g/mol. The van der Waals surface area contributed by atoms with Gasteiger partial charge in [-0.2, -0.15) is 8.42 Å². The summed E-state index contributed by atoms with van der Waals surface area (Å²) in [6, 6.07) is 3.55. The molecular weight excluding hydrogens is 297 g/mol. The van der Waals surface area contributed by atoms with Crippen LogP contribution >= 0.6 is 0 Å². The lowest BCUT2D eigenvalue weighted by Crippen LogP contribution is -2.16. The normalized spacial score (nSPS) is 11.3. The maximum absolute atomic E-state index is 13.8. The predicted molar refractivity (Wildman–Crippen MR) is 76.1 cm³/mol. The number of rotatable bonds is 5. The number of amidine groups is 1. The van der Waals surface area contributed by atoms with Crippen molar-refractivity contribution < 1.29 is 12.8 Å². The Morgan fingerprint density at radius 1 is 1.52 bits per heavy atom. The Hall–Kier alpha value is -2.42. The predicted octanol–water partition coefficient (Wildman–Crippen LogP) is 1.13. The van der Waals surface area contributed by atoms with Gasteiger partial charge in [0.2, 0.25) is 0 Å². The third-order valence-electron chi connectivity index (χ3n) is 2.77. The van der Waals surface area contributed by atoms with Gasteiger partial charge in [0.15, 0.2) is 5.03 Å².